The Morgan fingerprint density at radius 3 is 2.38 bits per heavy atom. The van der Waals surface area contributed by atoms with Crippen LogP contribution in [-0.4, -0.2) is 10.3 Å². The lowest BCUT2D eigenvalue weighted by Crippen LogP contribution is -2.12. The zero-order chi connectivity index (χ0) is 16.8. The molecule has 1 aliphatic rings. The van der Waals surface area contributed by atoms with Crippen molar-refractivity contribution >= 4 is 17.4 Å². The number of hydrogen-bond acceptors (Lipinski definition) is 3. The molecule has 1 aromatic heterocycles. The van der Waals surface area contributed by atoms with Gasteiger partial charge in [0.1, 0.15) is 17.5 Å². The summed E-state index contributed by atoms with van der Waals surface area (Å²) in [5, 5.41) is 4.49. The van der Waals surface area contributed by atoms with Gasteiger partial charge in [0.2, 0.25) is 0 Å². The SMILES string of the molecule is O=C1NCc2c1cc(-c1c(F)cc(F)cc1F)cc2-c1cnsc1. The van der Waals surface area contributed by atoms with Crippen molar-refractivity contribution in [3.63, 3.8) is 0 Å². The number of rotatable bonds is 2. The van der Waals surface area contributed by atoms with Crippen LogP contribution in [0.1, 0.15) is 15.9 Å². The van der Waals surface area contributed by atoms with E-state index in [2.05, 4.69) is 9.69 Å². The number of nitrogens with one attached hydrogen (secondary N) is 1. The Labute approximate surface area is 138 Å². The largest absolute Gasteiger partial charge is 0.348 e. The molecule has 0 unspecified atom stereocenters. The molecule has 0 bridgehead atoms. The van der Waals surface area contributed by atoms with Gasteiger partial charge in [-0.25, -0.2) is 17.5 Å². The van der Waals surface area contributed by atoms with E-state index in [0.29, 0.717) is 29.8 Å². The van der Waals surface area contributed by atoms with Gasteiger partial charge in [-0.2, -0.15) is 0 Å². The number of nitrogens with zero attached hydrogens (tertiary/aromatic N) is 1. The number of benzene rings is 2. The molecule has 3 aromatic rings. The van der Waals surface area contributed by atoms with Crippen molar-refractivity contribution in [2.24, 2.45) is 0 Å². The van der Waals surface area contributed by atoms with Crippen LogP contribution in [0.5, 0.6) is 0 Å². The van der Waals surface area contributed by atoms with Gasteiger partial charge in [0, 0.05) is 41.4 Å². The fourth-order valence-corrected chi connectivity index (χ4v) is 3.42. The molecule has 24 heavy (non-hydrogen) atoms. The third kappa shape index (κ3) is 2.28. The van der Waals surface area contributed by atoms with Gasteiger partial charge in [-0.1, -0.05) is 0 Å². The maximum absolute atomic E-state index is 14.1. The number of amides is 1. The molecule has 0 fully saturated rings. The van der Waals surface area contributed by atoms with Crippen LogP contribution in [0.15, 0.2) is 35.8 Å². The van der Waals surface area contributed by atoms with Crippen molar-refractivity contribution in [3.05, 3.63) is 64.4 Å². The Bertz CT molecular complexity index is 947. The van der Waals surface area contributed by atoms with E-state index in [1.807, 2.05) is 0 Å². The van der Waals surface area contributed by atoms with Crippen molar-refractivity contribution < 1.29 is 18.0 Å². The number of hydrogen-bond donors (Lipinski definition) is 1. The summed E-state index contributed by atoms with van der Waals surface area (Å²) in [6.45, 7) is 0.341. The first-order valence-corrected chi connectivity index (χ1v) is 7.88. The van der Waals surface area contributed by atoms with Crippen LogP contribution in [0.4, 0.5) is 13.2 Å². The zero-order valence-electron chi connectivity index (χ0n) is 12.1. The zero-order valence-corrected chi connectivity index (χ0v) is 12.9. The third-order valence-electron chi connectivity index (χ3n) is 3.96. The second-order valence-corrected chi connectivity index (χ2v) is 6.05. The highest BCUT2D eigenvalue weighted by atomic mass is 32.1. The van der Waals surface area contributed by atoms with Gasteiger partial charge in [-0.3, -0.25) is 4.79 Å². The molecule has 0 aliphatic carbocycles. The van der Waals surface area contributed by atoms with Gasteiger partial charge >= 0.3 is 0 Å². The summed E-state index contributed by atoms with van der Waals surface area (Å²) in [6, 6.07) is 4.28. The molecule has 2 heterocycles. The van der Waals surface area contributed by atoms with Gasteiger partial charge < -0.3 is 5.32 Å². The molecule has 0 saturated heterocycles. The molecule has 0 spiro atoms. The molecule has 1 aliphatic heterocycles. The van der Waals surface area contributed by atoms with Gasteiger partial charge in [-0.15, -0.1) is 0 Å². The van der Waals surface area contributed by atoms with Crippen molar-refractivity contribution in [3.8, 4) is 22.3 Å². The fraction of sp³-hybridized carbons (Fsp3) is 0.0588. The minimum atomic E-state index is -1.01. The summed E-state index contributed by atoms with van der Waals surface area (Å²) in [7, 11) is 0. The molecular weight excluding hydrogens is 337 g/mol. The topological polar surface area (TPSA) is 42.0 Å². The maximum atomic E-state index is 14.1. The predicted octanol–water partition coefficient (Wildman–Crippen LogP) is 4.14. The monoisotopic (exact) mass is 346 g/mol. The fourth-order valence-electron chi connectivity index (χ4n) is 2.89. The van der Waals surface area contributed by atoms with Crippen LogP contribution in [-0.2, 0) is 6.54 Å². The number of carbonyl (C=O) groups is 1. The van der Waals surface area contributed by atoms with Gasteiger partial charge in [-0.05, 0) is 40.4 Å². The number of carbonyl (C=O) groups excluding carboxylic acids is 1. The van der Waals surface area contributed by atoms with Gasteiger partial charge in [0.25, 0.3) is 5.91 Å². The highest BCUT2D eigenvalue weighted by molar-refractivity contribution is 7.03. The highest BCUT2D eigenvalue weighted by Gasteiger charge is 2.25. The standard InChI is InChI=1S/C17H9F3N2OS/c18-10-3-14(19)16(15(20)4-10)8-1-11(9-5-22-24-7-9)13-6-21-17(23)12(13)2-8/h1-5,7H,6H2,(H,21,23). The second kappa shape index (κ2) is 5.45. The van der Waals surface area contributed by atoms with Crippen molar-refractivity contribution in [2.75, 3.05) is 0 Å². The minimum Gasteiger partial charge on any atom is -0.348 e. The third-order valence-corrected chi connectivity index (χ3v) is 4.55. The van der Waals surface area contributed by atoms with Crippen LogP contribution < -0.4 is 5.32 Å². The summed E-state index contributed by atoms with van der Waals surface area (Å²) >= 11 is 1.24. The summed E-state index contributed by atoms with van der Waals surface area (Å²) in [6.07, 6.45) is 1.63. The van der Waals surface area contributed by atoms with Crippen LogP contribution >= 0.6 is 11.5 Å². The summed E-state index contributed by atoms with van der Waals surface area (Å²) in [4.78, 5) is 12.0. The summed E-state index contributed by atoms with van der Waals surface area (Å²) in [5.41, 5.74) is 2.38. The summed E-state index contributed by atoms with van der Waals surface area (Å²) < 4.78 is 45.4. The van der Waals surface area contributed by atoms with E-state index in [4.69, 9.17) is 0 Å². The highest BCUT2D eigenvalue weighted by Crippen LogP contribution is 2.36. The number of fused-ring (bicyclic) bond motifs is 1. The van der Waals surface area contributed by atoms with Crippen LogP contribution in [0.2, 0.25) is 0 Å². The first-order valence-electron chi connectivity index (χ1n) is 7.04. The van der Waals surface area contributed by atoms with E-state index in [9.17, 15) is 18.0 Å². The van der Waals surface area contributed by atoms with E-state index >= 15 is 0 Å². The summed E-state index contributed by atoms with van der Waals surface area (Å²) in [5.74, 6) is -3.32. The van der Waals surface area contributed by atoms with Gasteiger partial charge in [0.15, 0.2) is 0 Å². The number of halogens is 3. The average molecular weight is 346 g/mol. The van der Waals surface area contributed by atoms with Crippen LogP contribution in [0.25, 0.3) is 22.3 Å². The lowest BCUT2D eigenvalue weighted by Gasteiger charge is -2.11. The molecule has 120 valence electrons. The Morgan fingerprint density at radius 1 is 1.00 bits per heavy atom. The average Bonchev–Trinajstić information content (AvgIpc) is 3.16. The van der Waals surface area contributed by atoms with Crippen molar-refractivity contribution in [1.29, 1.82) is 0 Å². The van der Waals surface area contributed by atoms with E-state index in [1.165, 1.54) is 17.6 Å². The smallest absolute Gasteiger partial charge is 0.251 e. The lowest BCUT2D eigenvalue weighted by molar-refractivity contribution is 0.0965. The minimum absolute atomic E-state index is 0.182. The maximum Gasteiger partial charge on any atom is 0.251 e. The lowest BCUT2D eigenvalue weighted by atomic mass is 9.92. The molecule has 4 rings (SSSR count). The Morgan fingerprint density at radius 2 is 1.71 bits per heavy atom. The Hall–Kier alpha value is -2.67. The van der Waals surface area contributed by atoms with E-state index in [0.717, 1.165) is 11.1 Å². The Kier molecular flexibility index (Phi) is 3.38. The van der Waals surface area contributed by atoms with E-state index < -0.39 is 17.5 Å². The van der Waals surface area contributed by atoms with Crippen LogP contribution in [0.3, 0.4) is 0 Å². The van der Waals surface area contributed by atoms with Crippen LogP contribution in [0, 0.1) is 17.5 Å². The predicted molar refractivity (Wildman–Crippen MR) is 84.0 cm³/mol. The first kappa shape index (κ1) is 14.9. The molecule has 1 amide bonds. The van der Waals surface area contributed by atoms with E-state index in [1.54, 1.807) is 17.6 Å². The molecule has 2 aromatic carbocycles. The molecule has 7 heteroatoms. The first-order chi connectivity index (χ1) is 11.5. The molecule has 0 saturated carbocycles. The molecule has 3 nitrogen and oxygen atoms in total. The number of aromatic nitrogens is 1. The normalized spacial score (nSPS) is 13.0. The molecule has 1 N–H and O–H groups in total. The second-order valence-electron chi connectivity index (χ2n) is 5.39. The quantitative estimate of drug-likeness (QED) is 0.758. The Balaban J connectivity index is 2.00. The van der Waals surface area contributed by atoms with Crippen molar-refractivity contribution in [2.45, 2.75) is 6.54 Å². The molecular formula is C17H9F3N2OS. The molecule has 0 atom stereocenters. The van der Waals surface area contributed by atoms with Crippen molar-refractivity contribution in [1.82, 2.24) is 9.69 Å². The van der Waals surface area contributed by atoms with E-state index in [-0.39, 0.29) is 17.0 Å². The van der Waals surface area contributed by atoms with Gasteiger partial charge in [0.05, 0.1) is 5.56 Å². The molecule has 0 radical (unpaired) electrons.